The molecule has 12 heteroatoms. The fraction of sp³-hybridized carbons (Fsp3) is 0.405. The number of halogens is 3. The number of nitrogens with zero attached hydrogens (tertiary/aromatic N) is 1. The summed E-state index contributed by atoms with van der Waals surface area (Å²) in [6.45, 7) is 5.24. The molecule has 0 heterocycles. The first kappa shape index (κ1) is 35.3. The van der Waals surface area contributed by atoms with Gasteiger partial charge >= 0.3 is 12.5 Å². The Hall–Kier alpha value is -5.05. The lowest BCUT2D eigenvalue weighted by atomic mass is 9.83. The van der Waals surface area contributed by atoms with Crippen molar-refractivity contribution in [3.63, 3.8) is 0 Å². The lowest BCUT2D eigenvalue weighted by Gasteiger charge is -2.36. The molecule has 3 aromatic carbocycles. The molecule has 49 heavy (non-hydrogen) atoms. The topological polar surface area (TPSA) is 130 Å². The third kappa shape index (κ3) is 8.16. The largest absolute Gasteiger partial charge is 0.573 e. The number of carbonyl (C=O) groups is 3. The van der Waals surface area contributed by atoms with Gasteiger partial charge in [-0.25, -0.2) is 4.79 Å². The summed E-state index contributed by atoms with van der Waals surface area (Å²) in [4.78, 5) is 39.6. The minimum atomic E-state index is -4.95. The molecule has 0 spiro atoms. The van der Waals surface area contributed by atoms with Crippen LogP contribution in [0.3, 0.4) is 0 Å². The Bertz CT molecular complexity index is 1700. The second-order valence-corrected chi connectivity index (χ2v) is 13.0. The quantitative estimate of drug-likeness (QED) is 0.219. The number of alkyl halides is 3. The molecule has 3 aromatic rings. The molecule has 5 rings (SSSR count). The number of alkyl carbamates (subject to hydrolysis) is 1. The molecule has 1 saturated carbocycles. The number of rotatable bonds is 10. The van der Waals surface area contributed by atoms with Gasteiger partial charge in [-0.1, -0.05) is 68.4 Å². The third-order valence-corrected chi connectivity index (χ3v) is 9.64. The number of nitrogens with one attached hydrogen (secondary N) is 3. The van der Waals surface area contributed by atoms with E-state index in [1.807, 2.05) is 50.2 Å². The number of hydrogen-bond donors (Lipinski definition) is 3. The lowest BCUT2D eigenvalue weighted by Crippen LogP contribution is -2.61. The first-order valence-electron chi connectivity index (χ1n) is 16.3. The molecular formula is C37H39F3N4O5. The van der Waals surface area contributed by atoms with Crippen LogP contribution in [0.1, 0.15) is 74.6 Å². The van der Waals surface area contributed by atoms with E-state index in [9.17, 15) is 27.6 Å². The number of nitriles is 1. The van der Waals surface area contributed by atoms with Crippen LogP contribution in [0.5, 0.6) is 5.75 Å². The van der Waals surface area contributed by atoms with Gasteiger partial charge in [-0.15, -0.1) is 13.2 Å². The van der Waals surface area contributed by atoms with Crippen molar-refractivity contribution >= 4 is 17.9 Å². The second kappa shape index (κ2) is 14.6. The number of amides is 3. The summed E-state index contributed by atoms with van der Waals surface area (Å²) in [5, 5.41) is 17.5. The van der Waals surface area contributed by atoms with Crippen molar-refractivity contribution in [2.75, 3.05) is 6.61 Å². The molecule has 1 fully saturated rings. The minimum absolute atomic E-state index is 0.00302. The van der Waals surface area contributed by atoms with Crippen LogP contribution in [0.2, 0.25) is 0 Å². The van der Waals surface area contributed by atoms with Gasteiger partial charge < -0.3 is 25.4 Å². The molecule has 0 unspecified atom stereocenters. The molecule has 0 radical (unpaired) electrons. The van der Waals surface area contributed by atoms with Gasteiger partial charge in [-0.2, -0.15) is 5.26 Å². The van der Waals surface area contributed by atoms with Gasteiger partial charge in [0.1, 0.15) is 17.9 Å². The summed E-state index contributed by atoms with van der Waals surface area (Å²) in [6.07, 6.45) is -3.74. The lowest BCUT2D eigenvalue weighted by molar-refractivity contribution is -0.274. The normalized spacial score (nSPS) is 18.3. The average molecular weight is 677 g/mol. The number of carbonyl (C=O) groups excluding carboxylic acids is 3. The summed E-state index contributed by atoms with van der Waals surface area (Å²) in [7, 11) is 0. The number of fused-ring (bicyclic) bond motifs is 3. The summed E-state index contributed by atoms with van der Waals surface area (Å²) >= 11 is 0. The van der Waals surface area contributed by atoms with E-state index in [1.54, 1.807) is 13.0 Å². The van der Waals surface area contributed by atoms with Crippen LogP contribution in [0.4, 0.5) is 18.0 Å². The van der Waals surface area contributed by atoms with Crippen molar-refractivity contribution in [1.82, 2.24) is 16.0 Å². The molecule has 1 atom stereocenters. The molecule has 2 aliphatic carbocycles. The Balaban J connectivity index is 1.12. The second-order valence-electron chi connectivity index (χ2n) is 13.0. The van der Waals surface area contributed by atoms with Gasteiger partial charge in [0.05, 0.1) is 11.6 Å². The van der Waals surface area contributed by atoms with Crippen molar-refractivity contribution in [1.29, 1.82) is 5.26 Å². The number of benzene rings is 3. The van der Waals surface area contributed by atoms with E-state index < -0.39 is 29.7 Å². The highest BCUT2D eigenvalue weighted by Gasteiger charge is 2.41. The number of hydrogen-bond acceptors (Lipinski definition) is 6. The van der Waals surface area contributed by atoms with E-state index >= 15 is 0 Å². The van der Waals surface area contributed by atoms with Crippen molar-refractivity contribution in [2.24, 2.45) is 11.8 Å². The minimum Gasteiger partial charge on any atom is -0.449 e. The Kier molecular flexibility index (Phi) is 10.5. The van der Waals surface area contributed by atoms with E-state index in [4.69, 9.17) is 10.00 Å². The van der Waals surface area contributed by atoms with E-state index in [0.717, 1.165) is 28.3 Å². The van der Waals surface area contributed by atoms with Crippen LogP contribution in [-0.4, -0.2) is 42.5 Å². The first-order chi connectivity index (χ1) is 23.3. The fourth-order valence-electron chi connectivity index (χ4n) is 6.46. The van der Waals surface area contributed by atoms with Gasteiger partial charge in [-0.3, -0.25) is 9.59 Å². The molecule has 0 bridgehead atoms. The maximum atomic E-state index is 13.6. The van der Waals surface area contributed by atoms with Gasteiger partial charge in [0.25, 0.3) is 0 Å². The van der Waals surface area contributed by atoms with Crippen LogP contribution >= 0.6 is 0 Å². The highest BCUT2D eigenvalue weighted by molar-refractivity contribution is 5.90. The Morgan fingerprint density at radius 1 is 0.939 bits per heavy atom. The van der Waals surface area contributed by atoms with Crippen LogP contribution < -0.4 is 20.7 Å². The maximum Gasteiger partial charge on any atom is 0.573 e. The molecule has 3 N–H and O–H groups in total. The monoisotopic (exact) mass is 676 g/mol. The predicted octanol–water partition coefficient (Wildman–Crippen LogP) is 6.70. The molecule has 0 aromatic heterocycles. The fourth-order valence-corrected chi connectivity index (χ4v) is 6.46. The van der Waals surface area contributed by atoms with Gasteiger partial charge in [0.15, 0.2) is 0 Å². The third-order valence-electron chi connectivity index (χ3n) is 9.64. The zero-order valence-corrected chi connectivity index (χ0v) is 27.5. The van der Waals surface area contributed by atoms with Crippen LogP contribution in [0, 0.1) is 23.2 Å². The Labute approximate surface area is 283 Å². The van der Waals surface area contributed by atoms with Gasteiger partial charge in [-0.05, 0) is 72.9 Å². The van der Waals surface area contributed by atoms with Gasteiger partial charge in [0, 0.05) is 30.0 Å². The van der Waals surface area contributed by atoms with E-state index in [1.165, 1.54) is 12.1 Å². The maximum absolute atomic E-state index is 13.6. The van der Waals surface area contributed by atoms with Crippen molar-refractivity contribution in [2.45, 2.75) is 76.9 Å². The highest BCUT2D eigenvalue weighted by Crippen LogP contribution is 2.44. The van der Waals surface area contributed by atoms with Gasteiger partial charge in [0.2, 0.25) is 11.8 Å². The van der Waals surface area contributed by atoms with E-state index in [-0.39, 0.29) is 54.0 Å². The van der Waals surface area contributed by atoms with E-state index in [2.05, 4.69) is 32.8 Å². The van der Waals surface area contributed by atoms with Crippen molar-refractivity contribution < 1.29 is 37.0 Å². The molecule has 3 amide bonds. The first-order valence-corrected chi connectivity index (χ1v) is 16.3. The van der Waals surface area contributed by atoms with Crippen molar-refractivity contribution in [3.05, 3.63) is 89.0 Å². The zero-order chi connectivity index (χ0) is 35.3. The highest BCUT2D eigenvalue weighted by atomic mass is 19.4. The van der Waals surface area contributed by atoms with Crippen LogP contribution in [0.15, 0.2) is 66.7 Å². The predicted molar refractivity (Wildman–Crippen MR) is 175 cm³/mol. The molecule has 2 aliphatic rings. The zero-order valence-electron chi connectivity index (χ0n) is 27.5. The standard InChI is InChI=1S/C37H39F3N4O5/c1-22(2)36(3,44-35(47)48-21-31-29-10-6-4-8-27(29)28-9-5-7-11-30(28)31)34(46)43-26-16-14-24(15-17-26)33(45)42-20-25-13-12-23(19-41)18-32(25)49-37(38,39)40/h4-13,18,22,24,26,31H,14-17,20-21H2,1-3H3,(H,42,45)(H,43,46)(H,44,47)/t24-,26+,36-/m1/s1. The van der Waals surface area contributed by atoms with Crippen LogP contribution in [-0.2, 0) is 20.9 Å². The molecule has 9 nitrogen and oxygen atoms in total. The smallest absolute Gasteiger partial charge is 0.449 e. The average Bonchev–Trinajstić information content (AvgIpc) is 3.39. The summed E-state index contributed by atoms with van der Waals surface area (Å²) in [6, 6.07) is 21.2. The van der Waals surface area contributed by atoms with Crippen molar-refractivity contribution in [3.8, 4) is 22.9 Å². The molecule has 0 saturated heterocycles. The summed E-state index contributed by atoms with van der Waals surface area (Å²) < 4.78 is 48.4. The Morgan fingerprint density at radius 3 is 2.12 bits per heavy atom. The summed E-state index contributed by atoms with van der Waals surface area (Å²) in [5.74, 6) is -2.02. The van der Waals surface area contributed by atoms with Crippen LogP contribution in [0.25, 0.3) is 11.1 Å². The Morgan fingerprint density at radius 2 is 1.55 bits per heavy atom. The van der Waals surface area contributed by atoms with E-state index in [0.29, 0.717) is 25.7 Å². The molecule has 258 valence electrons. The molecule has 0 aliphatic heterocycles. The summed E-state index contributed by atoms with van der Waals surface area (Å²) in [5.41, 5.74) is 3.20. The molecular weight excluding hydrogens is 637 g/mol. The number of ether oxygens (including phenoxy) is 2. The SMILES string of the molecule is CC(C)[C@@](C)(NC(=O)OCC1c2ccccc2-c2ccccc21)C(=O)N[C@H]1CC[C@@H](C(=O)NCc2ccc(C#N)cc2OC(F)(F)F)CC1.